The lowest BCUT2D eigenvalue weighted by Gasteiger charge is -2.26. The molecule has 8 heteroatoms. The molecule has 0 radical (unpaired) electrons. The van der Waals surface area contributed by atoms with Crippen LogP contribution in [-0.2, 0) is 14.3 Å². The van der Waals surface area contributed by atoms with E-state index >= 15 is 0 Å². The van der Waals surface area contributed by atoms with E-state index in [1.54, 1.807) is 5.32 Å². The van der Waals surface area contributed by atoms with Crippen molar-refractivity contribution in [3.63, 3.8) is 0 Å². The molecule has 0 aliphatic rings. The van der Waals surface area contributed by atoms with Crippen LogP contribution in [0.3, 0.4) is 0 Å². The number of carboxylic acids is 1. The topological polar surface area (TPSA) is 75.6 Å². The van der Waals surface area contributed by atoms with Gasteiger partial charge in [-0.05, 0) is 20.3 Å². The summed E-state index contributed by atoms with van der Waals surface area (Å²) in [4.78, 5) is 20.9. The largest absolute Gasteiger partial charge is 0.481 e. The highest BCUT2D eigenvalue weighted by molar-refractivity contribution is 5.82. The van der Waals surface area contributed by atoms with Gasteiger partial charge in [0.1, 0.15) is 0 Å². The highest BCUT2D eigenvalue weighted by Gasteiger charge is 2.41. The number of amides is 1. The van der Waals surface area contributed by atoms with Gasteiger partial charge in [0, 0.05) is 13.0 Å². The van der Waals surface area contributed by atoms with Gasteiger partial charge in [-0.2, -0.15) is 13.2 Å². The number of nitrogens with one attached hydrogen (secondary N) is 1. The van der Waals surface area contributed by atoms with Crippen LogP contribution < -0.4 is 5.32 Å². The van der Waals surface area contributed by atoms with E-state index < -0.39 is 23.6 Å². The van der Waals surface area contributed by atoms with Crippen LogP contribution in [0.5, 0.6) is 0 Å². The normalized spacial score (nSPS) is 12.3. The fourth-order valence-electron chi connectivity index (χ4n) is 1.07. The molecular formula is C10H16F3NO4. The van der Waals surface area contributed by atoms with Crippen molar-refractivity contribution in [3.05, 3.63) is 0 Å². The molecule has 0 aliphatic carbocycles. The monoisotopic (exact) mass is 271 g/mol. The summed E-state index contributed by atoms with van der Waals surface area (Å²) >= 11 is 0. The van der Waals surface area contributed by atoms with Crippen LogP contribution >= 0.6 is 0 Å². The first-order valence-corrected chi connectivity index (χ1v) is 5.23. The maximum atomic E-state index is 12.0. The van der Waals surface area contributed by atoms with Gasteiger partial charge in [-0.3, -0.25) is 9.59 Å². The summed E-state index contributed by atoms with van der Waals surface area (Å²) in [6.07, 6.45) is -4.74. The Morgan fingerprint density at radius 3 is 2.28 bits per heavy atom. The van der Waals surface area contributed by atoms with Crippen molar-refractivity contribution in [1.29, 1.82) is 0 Å². The average molecular weight is 271 g/mol. The number of alkyl halides is 3. The molecule has 0 fully saturated rings. The lowest BCUT2D eigenvalue weighted by Crippen LogP contribution is -2.51. The van der Waals surface area contributed by atoms with Crippen molar-refractivity contribution in [2.24, 2.45) is 0 Å². The van der Waals surface area contributed by atoms with Gasteiger partial charge >= 0.3 is 18.1 Å². The molecule has 0 heterocycles. The Balaban J connectivity index is 3.94. The molecule has 0 saturated carbocycles. The molecule has 106 valence electrons. The number of halogens is 3. The lowest BCUT2D eigenvalue weighted by atomic mass is 10.1. The van der Waals surface area contributed by atoms with E-state index in [1.165, 1.54) is 13.8 Å². The summed E-state index contributed by atoms with van der Waals surface area (Å²) < 4.78 is 41.0. The molecule has 0 aromatic rings. The van der Waals surface area contributed by atoms with Crippen molar-refractivity contribution >= 4 is 11.9 Å². The van der Waals surface area contributed by atoms with Gasteiger partial charge in [0.25, 0.3) is 0 Å². The van der Waals surface area contributed by atoms with Gasteiger partial charge in [0.15, 0.2) is 0 Å². The van der Waals surface area contributed by atoms with E-state index in [0.717, 1.165) is 0 Å². The molecule has 0 spiro atoms. The zero-order valence-corrected chi connectivity index (χ0v) is 10.1. The number of carbonyl (C=O) groups excluding carboxylic acids is 1. The summed E-state index contributed by atoms with van der Waals surface area (Å²) in [7, 11) is 0. The molecule has 0 atom stereocenters. The van der Waals surface area contributed by atoms with Crippen LogP contribution in [-0.4, -0.2) is 41.9 Å². The van der Waals surface area contributed by atoms with Gasteiger partial charge < -0.3 is 15.2 Å². The summed E-state index contributed by atoms with van der Waals surface area (Å²) in [6.45, 7) is 2.74. The molecule has 0 saturated heterocycles. The van der Waals surface area contributed by atoms with Crippen LogP contribution in [0.25, 0.3) is 0 Å². The second-order valence-electron chi connectivity index (χ2n) is 4.39. The highest BCUT2D eigenvalue weighted by Crippen LogP contribution is 2.16. The zero-order valence-electron chi connectivity index (χ0n) is 10.1. The summed E-state index contributed by atoms with van der Waals surface area (Å²) in [5.41, 5.74) is -1.17. The zero-order chi connectivity index (χ0) is 14.4. The Morgan fingerprint density at radius 2 is 1.83 bits per heavy atom. The first-order chi connectivity index (χ1) is 8.04. The van der Waals surface area contributed by atoms with Gasteiger partial charge in [0.2, 0.25) is 0 Å². The number of hydrogen-bond acceptors (Lipinski definition) is 3. The summed E-state index contributed by atoms with van der Waals surface area (Å²) in [5.74, 6) is -3.00. The van der Waals surface area contributed by atoms with Crippen LogP contribution in [0.15, 0.2) is 0 Å². The number of carboxylic acid groups (broad SMARTS) is 1. The first kappa shape index (κ1) is 16.7. The van der Waals surface area contributed by atoms with Crippen LogP contribution in [0.4, 0.5) is 13.2 Å². The maximum Gasteiger partial charge on any atom is 0.471 e. The fourth-order valence-corrected chi connectivity index (χ4v) is 1.07. The highest BCUT2D eigenvalue weighted by atomic mass is 19.4. The molecule has 5 nitrogen and oxygen atoms in total. The van der Waals surface area contributed by atoms with Gasteiger partial charge in [-0.15, -0.1) is 0 Å². The Kier molecular flexibility index (Phi) is 6.10. The minimum atomic E-state index is -4.93. The standard InChI is InChI=1S/C10H16F3NO4/c1-9(2,14-8(17)10(11,12)13)6-18-5-3-4-7(15)16/h3-6H2,1-2H3,(H,14,17)(H,15,16). The van der Waals surface area contributed by atoms with Gasteiger partial charge in [-0.1, -0.05) is 0 Å². The Morgan fingerprint density at radius 1 is 1.28 bits per heavy atom. The van der Waals surface area contributed by atoms with E-state index in [1.807, 2.05) is 0 Å². The predicted molar refractivity (Wildman–Crippen MR) is 56.0 cm³/mol. The number of ether oxygens (including phenoxy) is 1. The van der Waals surface area contributed by atoms with E-state index in [0.29, 0.717) is 0 Å². The van der Waals surface area contributed by atoms with Crippen molar-refractivity contribution < 1.29 is 32.6 Å². The van der Waals surface area contributed by atoms with Gasteiger partial charge in [-0.25, -0.2) is 0 Å². The second-order valence-corrected chi connectivity index (χ2v) is 4.39. The molecule has 0 rings (SSSR count). The third-order valence-electron chi connectivity index (χ3n) is 1.85. The lowest BCUT2D eigenvalue weighted by molar-refractivity contribution is -0.176. The molecule has 0 aromatic heterocycles. The molecule has 2 N–H and O–H groups in total. The van der Waals surface area contributed by atoms with E-state index in [4.69, 9.17) is 9.84 Å². The molecule has 18 heavy (non-hydrogen) atoms. The summed E-state index contributed by atoms with van der Waals surface area (Å²) in [6, 6.07) is 0. The molecule has 0 unspecified atom stereocenters. The SMILES string of the molecule is CC(C)(COCCCC(=O)O)NC(=O)C(F)(F)F. The minimum absolute atomic E-state index is 0.0741. The Hall–Kier alpha value is -1.31. The smallest absolute Gasteiger partial charge is 0.471 e. The molecule has 1 amide bonds. The maximum absolute atomic E-state index is 12.0. The molecule has 0 aliphatic heterocycles. The van der Waals surface area contributed by atoms with Crippen LogP contribution in [0.2, 0.25) is 0 Å². The Labute approximate surface area is 102 Å². The number of rotatable bonds is 7. The summed E-state index contributed by atoms with van der Waals surface area (Å²) in [5, 5.41) is 10.1. The third-order valence-corrected chi connectivity index (χ3v) is 1.85. The van der Waals surface area contributed by atoms with E-state index in [2.05, 4.69) is 0 Å². The average Bonchev–Trinajstić information content (AvgIpc) is 2.14. The van der Waals surface area contributed by atoms with E-state index in [9.17, 15) is 22.8 Å². The quantitative estimate of drug-likeness (QED) is 0.685. The molecule has 0 aromatic carbocycles. The number of hydrogen-bond donors (Lipinski definition) is 2. The van der Waals surface area contributed by atoms with Crippen molar-refractivity contribution in [3.8, 4) is 0 Å². The third kappa shape index (κ3) is 7.88. The first-order valence-electron chi connectivity index (χ1n) is 5.23. The second kappa shape index (κ2) is 6.58. The molecule has 0 bridgehead atoms. The molecular weight excluding hydrogens is 255 g/mol. The van der Waals surface area contributed by atoms with E-state index in [-0.39, 0.29) is 26.1 Å². The van der Waals surface area contributed by atoms with Crippen molar-refractivity contribution in [2.75, 3.05) is 13.2 Å². The minimum Gasteiger partial charge on any atom is -0.481 e. The van der Waals surface area contributed by atoms with Crippen LogP contribution in [0.1, 0.15) is 26.7 Å². The van der Waals surface area contributed by atoms with Crippen LogP contribution in [0, 0.1) is 0 Å². The fraction of sp³-hybridized carbons (Fsp3) is 0.800. The number of carbonyl (C=O) groups is 2. The number of aliphatic carboxylic acids is 1. The van der Waals surface area contributed by atoms with Crippen molar-refractivity contribution in [2.45, 2.75) is 38.4 Å². The Bertz CT molecular complexity index is 302. The predicted octanol–water partition coefficient (Wildman–Crippen LogP) is 1.32. The van der Waals surface area contributed by atoms with Gasteiger partial charge in [0.05, 0.1) is 12.1 Å². The van der Waals surface area contributed by atoms with Crippen molar-refractivity contribution in [1.82, 2.24) is 5.32 Å².